The fraction of sp³-hybridized carbons (Fsp3) is 0.100. The number of carbonyl (C=O) groups excluding carboxylic acids is 1. The summed E-state index contributed by atoms with van der Waals surface area (Å²) < 4.78 is 5.39. The van der Waals surface area contributed by atoms with Crippen molar-refractivity contribution >= 4 is 28.6 Å². The zero-order valence-corrected chi connectivity index (χ0v) is 15.6. The molecule has 6 heteroatoms. The zero-order valence-electron chi connectivity index (χ0n) is 14.0. The first-order valence-electron chi connectivity index (χ1n) is 8.13. The molecule has 4 rings (SSSR count). The van der Waals surface area contributed by atoms with Crippen molar-refractivity contribution in [2.24, 2.45) is 0 Å². The highest BCUT2D eigenvalue weighted by Crippen LogP contribution is 2.30. The number of thiophene rings is 1. The summed E-state index contributed by atoms with van der Waals surface area (Å²) in [5.74, 6) is 0.494. The number of benzene rings is 1. The summed E-state index contributed by atoms with van der Waals surface area (Å²) in [6, 6.07) is 17.5. The van der Waals surface area contributed by atoms with Crippen LogP contribution < -0.4 is 5.32 Å². The van der Waals surface area contributed by atoms with Crippen LogP contribution in [0.25, 0.3) is 10.8 Å². The van der Waals surface area contributed by atoms with E-state index in [9.17, 15) is 4.79 Å². The highest BCUT2D eigenvalue weighted by atomic mass is 32.1. The largest absolute Gasteiger partial charge is 0.462 e. The number of nitrogens with zero attached hydrogens (tertiary/aromatic N) is 1. The minimum Gasteiger partial charge on any atom is -0.462 e. The normalized spacial score (nSPS) is 12.0. The molecule has 0 bridgehead atoms. The SMILES string of the molecule is Cc1sc(-c2ccco2)nc1C(=O)N[C@H](c1ccccc1)c1cccs1. The third kappa shape index (κ3) is 3.34. The van der Waals surface area contributed by atoms with Gasteiger partial charge in [-0.05, 0) is 36.1 Å². The van der Waals surface area contributed by atoms with E-state index in [1.807, 2.05) is 66.9 Å². The minimum absolute atomic E-state index is 0.182. The van der Waals surface area contributed by atoms with Gasteiger partial charge in [-0.1, -0.05) is 36.4 Å². The van der Waals surface area contributed by atoms with Crippen LogP contribution >= 0.6 is 22.7 Å². The highest BCUT2D eigenvalue weighted by molar-refractivity contribution is 7.15. The third-order valence-corrected chi connectivity index (χ3v) is 5.90. The highest BCUT2D eigenvalue weighted by Gasteiger charge is 2.23. The molecular formula is C20H16N2O2S2. The molecule has 1 amide bonds. The van der Waals surface area contributed by atoms with Crippen LogP contribution in [0, 0.1) is 6.92 Å². The molecule has 0 saturated heterocycles. The molecule has 130 valence electrons. The smallest absolute Gasteiger partial charge is 0.271 e. The molecule has 0 saturated carbocycles. The van der Waals surface area contributed by atoms with E-state index in [4.69, 9.17) is 4.42 Å². The lowest BCUT2D eigenvalue weighted by molar-refractivity contribution is 0.0938. The van der Waals surface area contributed by atoms with Crippen LogP contribution in [0.1, 0.15) is 31.8 Å². The van der Waals surface area contributed by atoms with Crippen molar-refractivity contribution < 1.29 is 9.21 Å². The molecule has 0 aliphatic heterocycles. The molecule has 0 fully saturated rings. The zero-order chi connectivity index (χ0) is 17.9. The molecule has 0 aliphatic carbocycles. The number of aromatic nitrogens is 1. The number of carbonyl (C=O) groups is 1. The van der Waals surface area contributed by atoms with Gasteiger partial charge in [0.15, 0.2) is 10.8 Å². The molecule has 4 aromatic rings. The molecule has 26 heavy (non-hydrogen) atoms. The van der Waals surface area contributed by atoms with E-state index in [-0.39, 0.29) is 11.9 Å². The van der Waals surface area contributed by atoms with E-state index in [0.29, 0.717) is 16.5 Å². The van der Waals surface area contributed by atoms with E-state index in [0.717, 1.165) is 15.3 Å². The molecule has 0 unspecified atom stereocenters. The fourth-order valence-corrected chi connectivity index (χ4v) is 4.41. The minimum atomic E-state index is -0.197. The maximum atomic E-state index is 12.9. The van der Waals surface area contributed by atoms with E-state index >= 15 is 0 Å². The van der Waals surface area contributed by atoms with Crippen molar-refractivity contribution in [3.05, 3.63) is 87.3 Å². The van der Waals surface area contributed by atoms with Crippen molar-refractivity contribution in [3.8, 4) is 10.8 Å². The Hall–Kier alpha value is -2.70. The van der Waals surface area contributed by atoms with Crippen LogP contribution in [0.5, 0.6) is 0 Å². The molecular weight excluding hydrogens is 364 g/mol. The van der Waals surface area contributed by atoms with Crippen molar-refractivity contribution in [2.45, 2.75) is 13.0 Å². The number of hydrogen-bond acceptors (Lipinski definition) is 5. The lowest BCUT2D eigenvalue weighted by atomic mass is 10.1. The average molecular weight is 380 g/mol. The van der Waals surface area contributed by atoms with Crippen molar-refractivity contribution in [3.63, 3.8) is 0 Å². The summed E-state index contributed by atoms with van der Waals surface area (Å²) in [7, 11) is 0. The van der Waals surface area contributed by atoms with Gasteiger partial charge in [0, 0.05) is 9.75 Å². The second kappa shape index (κ2) is 7.27. The molecule has 1 atom stereocenters. The predicted molar refractivity (Wildman–Crippen MR) is 105 cm³/mol. The van der Waals surface area contributed by atoms with E-state index < -0.39 is 0 Å². The molecule has 0 spiro atoms. The molecule has 1 N–H and O–H groups in total. The van der Waals surface area contributed by atoms with Gasteiger partial charge in [0.25, 0.3) is 5.91 Å². The van der Waals surface area contributed by atoms with E-state index in [1.165, 1.54) is 11.3 Å². The van der Waals surface area contributed by atoms with Crippen LogP contribution in [0.15, 0.2) is 70.7 Å². The van der Waals surface area contributed by atoms with Crippen molar-refractivity contribution in [1.29, 1.82) is 0 Å². The summed E-state index contributed by atoms with van der Waals surface area (Å²) >= 11 is 3.08. The number of aryl methyl sites for hydroxylation is 1. The van der Waals surface area contributed by atoms with Crippen molar-refractivity contribution in [2.75, 3.05) is 0 Å². The standard InChI is InChI=1S/C20H16N2O2S2/c1-13-17(22-20(26-13)15-9-5-11-24-15)19(23)21-18(16-10-6-12-25-16)14-7-3-2-4-8-14/h2-12,18H,1H3,(H,21,23)/t18-/m1/s1. The van der Waals surface area contributed by atoms with Gasteiger partial charge in [-0.2, -0.15) is 0 Å². The van der Waals surface area contributed by atoms with Gasteiger partial charge in [0.2, 0.25) is 0 Å². The van der Waals surface area contributed by atoms with Gasteiger partial charge in [0.05, 0.1) is 12.3 Å². The molecule has 0 aliphatic rings. The number of nitrogens with one attached hydrogen (secondary N) is 1. The van der Waals surface area contributed by atoms with Gasteiger partial charge in [-0.25, -0.2) is 4.98 Å². The summed E-state index contributed by atoms with van der Waals surface area (Å²) in [5, 5.41) is 5.86. The monoisotopic (exact) mass is 380 g/mol. The maximum Gasteiger partial charge on any atom is 0.271 e. The first kappa shape index (κ1) is 16.8. The van der Waals surface area contributed by atoms with Crippen LogP contribution in [0.2, 0.25) is 0 Å². The number of furan rings is 1. The van der Waals surface area contributed by atoms with Crippen LogP contribution in [-0.4, -0.2) is 10.9 Å². The van der Waals surface area contributed by atoms with E-state index in [2.05, 4.69) is 10.3 Å². The quantitative estimate of drug-likeness (QED) is 0.512. The Balaban J connectivity index is 1.63. The van der Waals surface area contributed by atoms with E-state index in [1.54, 1.807) is 17.6 Å². The molecule has 3 aromatic heterocycles. The fourth-order valence-electron chi connectivity index (χ4n) is 2.73. The molecule has 4 nitrogen and oxygen atoms in total. The third-order valence-electron chi connectivity index (χ3n) is 3.98. The number of rotatable bonds is 5. The Morgan fingerprint density at radius 3 is 2.65 bits per heavy atom. The first-order chi connectivity index (χ1) is 12.7. The number of thiazole rings is 1. The second-order valence-electron chi connectivity index (χ2n) is 5.73. The topological polar surface area (TPSA) is 55.1 Å². The lowest BCUT2D eigenvalue weighted by Crippen LogP contribution is -2.29. The Morgan fingerprint density at radius 2 is 1.96 bits per heavy atom. The van der Waals surface area contributed by atoms with Crippen LogP contribution in [0.4, 0.5) is 0 Å². The van der Waals surface area contributed by atoms with Crippen molar-refractivity contribution in [1.82, 2.24) is 10.3 Å². The van der Waals surface area contributed by atoms with Gasteiger partial charge in [0.1, 0.15) is 5.69 Å². The lowest BCUT2D eigenvalue weighted by Gasteiger charge is -2.17. The Morgan fingerprint density at radius 1 is 1.12 bits per heavy atom. The summed E-state index contributed by atoms with van der Waals surface area (Å²) in [6.07, 6.45) is 1.61. The summed E-state index contributed by atoms with van der Waals surface area (Å²) in [6.45, 7) is 1.90. The Bertz CT molecular complexity index is 990. The number of hydrogen-bond donors (Lipinski definition) is 1. The van der Waals surface area contributed by atoms with Gasteiger partial charge < -0.3 is 9.73 Å². The summed E-state index contributed by atoms with van der Waals surface area (Å²) in [5.41, 5.74) is 1.49. The average Bonchev–Trinajstić information content (AvgIpc) is 3.41. The van der Waals surface area contributed by atoms with Gasteiger partial charge in [-0.3, -0.25) is 4.79 Å². The maximum absolute atomic E-state index is 12.9. The van der Waals surface area contributed by atoms with Crippen LogP contribution in [0.3, 0.4) is 0 Å². The molecule has 1 aromatic carbocycles. The van der Waals surface area contributed by atoms with Crippen LogP contribution in [-0.2, 0) is 0 Å². The Kier molecular flexibility index (Phi) is 4.69. The molecule has 0 radical (unpaired) electrons. The number of amides is 1. The van der Waals surface area contributed by atoms with Gasteiger partial charge >= 0.3 is 0 Å². The first-order valence-corrected chi connectivity index (χ1v) is 9.82. The molecule has 3 heterocycles. The van der Waals surface area contributed by atoms with Gasteiger partial charge in [-0.15, -0.1) is 22.7 Å². The Labute approximate surface area is 159 Å². The predicted octanol–water partition coefficient (Wildman–Crippen LogP) is 5.29. The summed E-state index contributed by atoms with van der Waals surface area (Å²) in [4.78, 5) is 19.4. The second-order valence-corrected chi connectivity index (χ2v) is 7.92.